The van der Waals surface area contributed by atoms with Crippen LogP contribution in [0.1, 0.15) is 52.4 Å². The molecule has 1 aliphatic heterocycles. The molecule has 1 heterocycles. The summed E-state index contributed by atoms with van der Waals surface area (Å²) in [5.74, 6) is 1.56. The lowest BCUT2D eigenvalue weighted by Crippen LogP contribution is -2.40. The minimum absolute atomic E-state index is 0.481. The maximum absolute atomic E-state index is 5.74. The molecule has 2 rings (SSSR count). The van der Waals surface area contributed by atoms with Gasteiger partial charge in [0.05, 0.1) is 13.2 Å². The number of ether oxygens (including phenoxy) is 2. The molecule has 0 amide bonds. The number of hydrogen-bond acceptors (Lipinski definition) is 3. The number of nitrogens with one attached hydrogen (secondary N) is 2. The van der Waals surface area contributed by atoms with Gasteiger partial charge in [-0.3, -0.25) is 4.99 Å². The molecular weight excluding hydrogens is 290 g/mol. The second-order valence-corrected chi connectivity index (χ2v) is 6.99. The topological polar surface area (TPSA) is 54.9 Å². The van der Waals surface area contributed by atoms with E-state index >= 15 is 0 Å². The van der Waals surface area contributed by atoms with E-state index in [0.29, 0.717) is 11.3 Å². The lowest BCUT2D eigenvalue weighted by atomic mass is 9.67. The van der Waals surface area contributed by atoms with Crippen LogP contribution in [-0.4, -0.2) is 52.0 Å². The molecule has 5 heteroatoms. The molecule has 1 atom stereocenters. The van der Waals surface area contributed by atoms with Gasteiger partial charge in [-0.15, -0.1) is 0 Å². The lowest BCUT2D eigenvalue weighted by Gasteiger charge is -2.40. The van der Waals surface area contributed by atoms with Crippen LogP contribution in [0.5, 0.6) is 0 Å². The van der Waals surface area contributed by atoms with Gasteiger partial charge in [-0.1, -0.05) is 13.3 Å². The number of rotatable bonds is 10. The van der Waals surface area contributed by atoms with Gasteiger partial charge in [0.2, 0.25) is 0 Å². The molecule has 1 unspecified atom stereocenters. The highest BCUT2D eigenvalue weighted by molar-refractivity contribution is 5.79. The number of guanidine groups is 1. The zero-order valence-corrected chi connectivity index (χ0v) is 15.0. The van der Waals surface area contributed by atoms with Crippen molar-refractivity contribution < 1.29 is 9.47 Å². The SMILES string of the molecule is CCNC(=NCC1(CC)CCC1)NCCCOCC1CCOC1. The molecule has 0 aromatic carbocycles. The maximum atomic E-state index is 5.74. The minimum Gasteiger partial charge on any atom is -0.381 e. The second-order valence-electron chi connectivity index (χ2n) is 6.99. The molecule has 0 aromatic rings. The van der Waals surface area contributed by atoms with Crippen molar-refractivity contribution in [2.75, 3.05) is 46.1 Å². The Hall–Kier alpha value is -0.810. The van der Waals surface area contributed by atoms with Crippen molar-refractivity contribution in [2.45, 2.75) is 52.4 Å². The van der Waals surface area contributed by atoms with Crippen LogP contribution in [-0.2, 0) is 9.47 Å². The van der Waals surface area contributed by atoms with Crippen LogP contribution in [0, 0.1) is 11.3 Å². The third-order valence-corrected chi connectivity index (χ3v) is 5.22. The summed E-state index contributed by atoms with van der Waals surface area (Å²) in [5.41, 5.74) is 0.481. The Morgan fingerprint density at radius 2 is 2.17 bits per heavy atom. The molecule has 2 fully saturated rings. The van der Waals surface area contributed by atoms with E-state index in [-0.39, 0.29) is 0 Å². The summed E-state index contributed by atoms with van der Waals surface area (Å²) in [4.78, 5) is 4.80. The van der Waals surface area contributed by atoms with Crippen LogP contribution in [0.2, 0.25) is 0 Å². The fraction of sp³-hybridized carbons (Fsp3) is 0.944. The highest BCUT2D eigenvalue weighted by Gasteiger charge is 2.34. The van der Waals surface area contributed by atoms with Crippen molar-refractivity contribution in [2.24, 2.45) is 16.3 Å². The van der Waals surface area contributed by atoms with Gasteiger partial charge >= 0.3 is 0 Å². The lowest BCUT2D eigenvalue weighted by molar-refractivity contribution is 0.0888. The van der Waals surface area contributed by atoms with Crippen molar-refractivity contribution in [3.63, 3.8) is 0 Å². The maximum Gasteiger partial charge on any atom is 0.191 e. The van der Waals surface area contributed by atoms with E-state index in [4.69, 9.17) is 14.5 Å². The Labute approximate surface area is 141 Å². The van der Waals surface area contributed by atoms with Crippen LogP contribution in [0.25, 0.3) is 0 Å². The van der Waals surface area contributed by atoms with Gasteiger partial charge in [-0.2, -0.15) is 0 Å². The summed E-state index contributed by atoms with van der Waals surface area (Å²) in [6.07, 6.45) is 7.45. The van der Waals surface area contributed by atoms with E-state index in [9.17, 15) is 0 Å². The van der Waals surface area contributed by atoms with Gasteiger partial charge in [0.15, 0.2) is 5.96 Å². The first kappa shape index (κ1) is 18.5. The molecule has 0 spiro atoms. The Morgan fingerprint density at radius 3 is 2.78 bits per heavy atom. The zero-order valence-electron chi connectivity index (χ0n) is 15.0. The summed E-state index contributed by atoms with van der Waals surface area (Å²) < 4.78 is 11.1. The molecule has 1 saturated heterocycles. The normalized spacial score (nSPS) is 23.6. The van der Waals surface area contributed by atoms with E-state index in [1.807, 2.05) is 0 Å². The van der Waals surface area contributed by atoms with Crippen LogP contribution in [0.3, 0.4) is 0 Å². The summed E-state index contributed by atoms with van der Waals surface area (Å²) >= 11 is 0. The van der Waals surface area contributed by atoms with Gasteiger partial charge < -0.3 is 20.1 Å². The van der Waals surface area contributed by atoms with Gasteiger partial charge in [0.1, 0.15) is 0 Å². The molecule has 5 nitrogen and oxygen atoms in total. The Balaban J connectivity index is 1.58. The van der Waals surface area contributed by atoms with Gasteiger partial charge in [-0.25, -0.2) is 0 Å². The summed E-state index contributed by atoms with van der Waals surface area (Å²) in [6.45, 7) is 10.6. The zero-order chi connectivity index (χ0) is 16.4. The van der Waals surface area contributed by atoms with Crippen LogP contribution in [0.4, 0.5) is 0 Å². The van der Waals surface area contributed by atoms with Crippen molar-refractivity contribution >= 4 is 5.96 Å². The summed E-state index contributed by atoms with van der Waals surface area (Å²) in [5, 5.41) is 6.77. The van der Waals surface area contributed by atoms with E-state index in [1.165, 1.54) is 25.7 Å². The fourth-order valence-electron chi connectivity index (χ4n) is 3.23. The van der Waals surface area contributed by atoms with Gasteiger partial charge in [-0.05, 0) is 44.4 Å². The van der Waals surface area contributed by atoms with Crippen LogP contribution < -0.4 is 10.6 Å². The Bertz CT molecular complexity index is 345. The van der Waals surface area contributed by atoms with Crippen LogP contribution >= 0.6 is 0 Å². The standard InChI is InChI=1S/C18H35N3O2/c1-3-18(8-5-9-18)15-21-17(19-4-2)20-10-6-11-22-13-16-7-12-23-14-16/h16H,3-15H2,1-2H3,(H2,19,20,21). The molecule has 1 saturated carbocycles. The molecule has 0 aromatic heterocycles. The van der Waals surface area contributed by atoms with Crippen LogP contribution in [0.15, 0.2) is 4.99 Å². The monoisotopic (exact) mass is 325 g/mol. The van der Waals surface area contributed by atoms with Crippen molar-refractivity contribution in [1.29, 1.82) is 0 Å². The fourth-order valence-corrected chi connectivity index (χ4v) is 3.23. The van der Waals surface area contributed by atoms with Crippen molar-refractivity contribution in [3.8, 4) is 0 Å². The molecule has 134 valence electrons. The average Bonchev–Trinajstić information content (AvgIpc) is 3.03. The molecule has 2 aliphatic rings. The summed E-state index contributed by atoms with van der Waals surface area (Å²) in [6, 6.07) is 0. The van der Waals surface area contributed by atoms with E-state index in [0.717, 1.165) is 64.9 Å². The molecule has 1 aliphatic carbocycles. The quantitative estimate of drug-likeness (QED) is 0.368. The minimum atomic E-state index is 0.481. The molecule has 2 N–H and O–H groups in total. The van der Waals surface area contributed by atoms with E-state index in [2.05, 4.69) is 24.5 Å². The average molecular weight is 325 g/mol. The first-order valence-corrected chi connectivity index (χ1v) is 9.45. The predicted molar refractivity (Wildman–Crippen MR) is 94.9 cm³/mol. The number of hydrogen-bond donors (Lipinski definition) is 2. The molecular formula is C18H35N3O2. The molecule has 0 bridgehead atoms. The smallest absolute Gasteiger partial charge is 0.191 e. The van der Waals surface area contributed by atoms with Gasteiger partial charge in [0.25, 0.3) is 0 Å². The largest absolute Gasteiger partial charge is 0.381 e. The van der Waals surface area contributed by atoms with E-state index in [1.54, 1.807) is 0 Å². The number of aliphatic imine (C=N–C) groups is 1. The third kappa shape index (κ3) is 6.30. The molecule has 23 heavy (non-hydrogen) atoms. The highest BCUT2D eigenvalue weighted by Crippen LogP contribution is 2.43. The van der Waals surface area contributed by atoms with Crippen molar-refractivity contribution in [3.05, 3.63) is 0 Å². The molecule has 0 radical (unpaired) electrons. The third-order valence-electron chi connectivity index (χ3n) is 5.22. The first-order chi connectivity index (χ1) is 11.3. The van der Waals surface area contributed by atoms with Gasteiger partial charge in [0, 0.05) is 38.8 Å². The predicted octanol–water partition coefficient (Wildman–Crippen LogP) is 2.57. The highest BCUT2D eigenvalue weighted by atomic mass is 16.5. The van der Waals surface area contributed by atoms with Crippen molar-refractivity contribution in [1.82, 2.24) is 10.6 Å². The second kappa shape index (κ2) is 10.1. The first-order valence-electron chi connectivity index (χ1n) is 9.45. The summed E-state index contributed by atoms with van der Waals surface area (Å²) in [7, 11) is 0. The Morgan fingerprint density at radius 1 is 1.30 bits per heavy atom. The van der Waals surface area contributed by atoms with E-state index < -0.39 is 0 Å². The number of nitrogens with zero attached hydrogens (tertiary/aromatic N) is 1. The Kier molecular flexibility index (Phi) is 8.17.